The standard InChI is InChI=1S/C14H11BrN2/c1-10-2-5-12(6-3-10)17-9-16-13-7-4-11(15)8-14(13)17/h2-9H,1H3. The lowest BCUT2D eigenvalue weighted by Gasteiger charge is -2.04. The van der Waals surface area contributed by atoms with Gasteiger partial charge in [0, 0.05) is 10.2 Å². The van der Waals surface area contributed by atoms with Crippen LogP contribution in [0.4, 0.5) is 0 Å². The number of rotatable bonds is 1. The molecule has 0 aliphatic carbocycles. The van der Waals surface area contributed by atoms with Crippen molar-refractivity contribution in [1.82, 2.24) is 9.55 Å². The average molecular weight is 287 g/mol. The fourth-order valence-electron chi connectivity index (χ4n) is 1.89. The Kier molecular flexibility index (Phi) is 2.48. The SMILES string of the molecule is Cc1ccc(-n2cnc3ccc(Br)cc32)cc1. The first-order chi connectivity index (χ1) is 8.24. The third-order valence-electron chi connectivity index (χ3n) is 2.82. The zero-order valence-corrected chi connectivity index (χ0v) is 11.0. The second kappa shape index (κ2) is 4.00. The van der Waals surface area contributed by atoms with Gasteiger partial charge in [0.2, 0.25) is 0 Å². The van der Waals surface area contributed by atoms with Crippen LogP contribution in [0.25, 0.3) is 16.7 Å². The molecule has 0 saturated heterocycles. The Balaban J connectivity index is 2.23. The first-order valence-corrected chi connectivity index (χ1v) is 6.23. The number of hydrogen-bond acceptors (Lipinski definition) is 1. The summed E-state index contributed by atoms with van der Waals surface area (Å²) in [5, 5.41) is 0. The molecule has 0 bridgehead atoms. The number of nitrogens with zero attached hydrogens (tertiary/aromatic N) is 2. The Morgan fingerprint density at radius 3 is 2.59 bits per heavy atom. The summed E-state index contributed by atoms with van der Waals surface area (Å²) in [6.45, 7) is 2.09. The van der Waals surface area contributed by atoms with Crippen LogP contribution in [0.5, 0.6) is 0 Å². The van der Waals surface area contributed by atoms with Crippen LogP contribution in [0.2, 0.25) is 0 Å². The first-order valence-electron chi connectivity index (χ1n) is 5.44. The molecule has 0 radical (unpaired) electrons. The highest BCUT2D eigenvalue weighted by Crippen LogP contribution is 2.22. The maximum absolute atomic E-state index is 4.40. The van der Waals surface area contributed by atoms with E-state index in [1.54, 1.807) is 0 Å². The highest BCUT2D eigenvalue weighted by molar-refractivity contribution is 9.10. The predicted octanol–water partition coefficient (Wildman–Crippen LogP) is 4.10. The summed E-state index contributed by atoms with van der Waals surface area (Å²) in [5.41, 5.74) is 4.52. The molecule has 1 heterocycles. The van der Waals surface area contributed by atoms with Gasteiger partial charge in [-0.05, 0) is 37.3 Å². The molecule has 0 saturated carbocycles. The minimum atomic E-state index is 1.01. The maximum Gasteiger partial charge on any atom is 0.100 e. The Morgan fingerprint density at radius 1 is 1.06 bits per heavy atom. The van der Waals surface area contributed by atoms with E-state index < -0.39 is 0 Å². The minimum absolute atomic E-state index is 1.01. The third kappa shape index (κ3) is 1.87. The highest BCUT2D eigenvalue weighted by Gasteiger charge is 2.04. The molecule has 84 valence electrons. The lowest BCUT2D eigenvalue weighted by atomic mass is 10.2. The van der Waals surface area contributed by atoms with Crippen LogP contribution in [0.15, 0.2) is 53.3 Å². The van der Waals surface area contributed by atoms with Crippen LogP contribution in [-0.2, 0) is 0 Å². The van der Waals surface area contributed by atoms with Gasteiger partial charge < -0.3 is 0 Å². The van der Waals surface area contributed by atoms with E-state index in [0.717, 1.165) is 21.2 Å². The van der Waals surface area contributed by atoms with Crippen molar-refractivity contribution < 1.29 is 0 Å². The minimum Gasteiger partial charge on any atom is -0.299 e. The Hall–Kier alpha value is -1.61. The van der Waals surface area contributed by atoms with Gasteiger partial charge in [-0.25, -0.2) is 4.98 Å². The first kappa shape index (κ1) is 10.5. The molecule has 2 nitrogen and oxygen atoms in total. The fourth-order valence-corrected chi connectivity index (χ4v) is 2.24. The summed E-state index contributed by atoms with van der Waals surface area (Å²) in [4.78, 5) is 4.40. The van der Waals surface area contributed by atoms with Crippen LogP contribution in [-0.4, -0.2) is 9.55 Å². The van der Waals surface area contributed by atoms with E-state index in [2.05, 4.69) is 62.7 Å². The second-order valence-electron chi connectivity index (χ2n) is 4.08. The maximum atomic E-state index is 4.40. The summed E-state index contributed by atoms with van der Waals surface area (Å²) >= 11 is 3.49. The predicted molar refractivity (Wildman–Crippen MR) is 73.5 cm³/mol. The molecule has 0 fully saturated rings. The van der Waals surface area contributed by atoms with E-state index >= 15 is 0 Å². The lowest BCUT2D eigenvalue weighted by molar-refractivity contribution is 1.09. The van der Waals surface area contributed by atoms with Crippen LogP contribution in [0.1, 0.15) is 5.56 Å². The van der Waals surface area contributed by atoms with E-state index in [1.807, 2.05) is 18.5 Å². The topological polar surface area (TPSA) is 17.8 Å². The number of fused-ring (bicyclic) bond motifs is 1. The highest BCUT2D eigenvalue weighted by atomic mass is 79.9. The van der Waals surface area contributed by atoms with Gasteiger partial charge in [-0.1, -0.05) is 33.6 Å². The van der Waals surface area contributed by atoms with Crippen molar-refractivity contribution in [1.29, 1.82) is 0 Å². The number of halogens is 1. The van der Waals surface area contributed by atoms with Gasteiger partial charge in [-0.2, -0.15) is 0 Å². The third-order valence-corrected chi connectivity index (χ3v) is 3.31. The summed E-state index contributed by atoms with van der Waals surface area (Å²) < 4.78 is 3.17. The molecule has 3 heteroatoms. The molecular weight excluding hydrogens is 276 g/mol. The molecular formula is C14H11BrN2. The molecule has 0 N–H and O–H groups in total. The van der Waals surface area contributed by atoms with E-state index in [0.29, 0.717) is 0 Å². The largest absolute Gasteiger partial charge is 0.299 e. The van der Waals surface area contributed by atoms with Crippen molar-refractivity contribution in [3.05, 3.63) is 58.8 Å². The fraction of sp³-hybridized carbons (Fsp3) is 0.0714. The monoisotopic (exact) mass is 286 g/mol. The summed E-state index contributed by atoms with van der Waals surface area (Å²) in [5.74, 6) is 0. The molecule has 2 aromatic carbocycles. The molecule has 1 aromatic heterocycles. The normalized spacial score (nSPS) is 10.9. The number of hydrogen-bond donors (Lipinski definition) is 0. The van der Waals surface area contributed by atoms with Crippen molar-refractivity contribution in [2.45, 2.75) is 6.92 Å². The number of aromatic nitrogens is 2. The number of benzene rings is 2. The Bertz CT molecular complexity index is 668. The molecule has 0 aliphatic heterocycles. The van der Waals surface area contributed by atoms with Gasteiger partial charge in [-0.3, -0.25) is 4.57 Å². The van der Waals surface area contributed by atoms with E-state index in [4.69, 9.17) is 0 Å². The van der Waals surface area contributed by atoms with Gasteiger partial charge in [0.05, 0.1) is 11.0 Å². The van der Waals surface area contributed by atoms with Crippen molar-refractivity contribution in [2.24, 2.45) is 0 Å². The Labute approximate surface area is 108 Å². The summed E-state index contributed by atoms with van der Waals surface area (Å²) in [7, 11) is 0. The van der Waals surface area contributed by atoms with E-state index in [9.17, 15) is 0 Å². The summed E-state index contributed by atoms with van der Waals surface area (Å²) in [6.07, 6.45) is 1.86. The van der Waals surface area contributed by atoms with E-state index in [-0.39, 0.29) is 0 Å². The second-order valence-corrected chi connectivity index (χ2v) is 5.00. The summed E-state index contributed by atoms with van der Waals surface area (Å²) in [6, 6.07) is 14.5. The lowest BCUT2D eigenvalue weighted by Crippen LogP contribution is -1.91. The molecule has 0 spiro atoms. The average Bonchev–Trinajstić information content (AvgIpc) is 2.73. The number of aryl methyl sites for hydroxylation is 1. The van der Waals surface area contributed by atoms with Crippen molar-refractivity contribution in [2.75, 3.05) is 0 Å². The number of imidazole rings is 1. The molecule has 0 atom stereocenters. The Morgan fingerprint density at radius 2 is 1.82 bits per heavy atom. The molecule has 0 amide bonds. The van der Waals surface area contributed by atoms with Crippen LogP contribution < -0.4 is 0 Å². The van der Waals surface area contributed by atoms with Gasteiger partial charge >= 0.3 is 0 Å². The molecule has 3 rings (SSSR count). The molecule has 17 heavy (non-hydrogen) atoms. The molecule has 0 aliphatic rings. The quantitative estimate of drug-likeness (QED) is 0.659. The van der Waals surface area contributed by atoms with Crippen LogP contribution >= 0.6 is 15.9 Å². The smallest absolute Gasteiger partial charge is 0.100 e. The van der Waals surface area contributed by atoms with Crippen LogP contribution in [0, 0.1) is 6.92 Å². The van der Waals surface area contributed by atoms with Crippen molar-refractivity contribution >= 4 is 27.0 Å². The molecule has 0 unspecified atom stereocenters. The van der Waals surface area contributed by atoms with Crippen molar-refractivity contribution in [3.8, 4) is 5.69 Å². The van der Waals surface area contributed by atoms with Gasteiger partial charge in [-0.15, -0.1) is 0 Å². The van der Waals surface area contributed by atoms with Gasteiger partial charge in [0.15, 0.2) is 0 Å². The zero-order valence-electron chi connectivity index (χ0n) is 9.39. The molecule has 3 aromatic rings. The van der Waals surface area contributed by atoms with Gasteiger partial charge in [0.25, 0.3) is 0 Å². The van der Waals surface area contributed by atoms with E-state index in [1.165, 1.54) is 5.56 Å². The van der Waals surface area contributed by atoms with Crippen LogP contribution in [0.3, 0.4) is 0 Å². The van der Waals surface area contributed by atoms with Crippen molar-refractivity contribution in [3.63, 3.8) is 0 Å². The van der Waals surface area contributed by atoms with Gasteiger partial charge in [0.1, 0.15) is 6.33 Å². The zero-order chi connectivity index (χ0) is 11.8.